The monoisotopic (exact) mass is 270 g/mol. The average Bonchev–Trinajstić information content (AvgIpc) is 2.84. The molecule has 1 heterocycles. The largest absolute Gasteiger partial charge is 0.508 e. The van der Waals surface area contributed by atoms with Crippen molar-refractivity contribution >= 4 is 23.3 Å². The number of phenols is 1. The second kappa shape index (κ2) is 5.38. The Balaban J connectivity index is 2.35. The van der Waals surface area contributed by atoms with Gasteiger partial charge in [-0.15, -0.1) is 11.3 Å². The van der Waals surface area contributed by atoms with Gasteiger partial charge in [-0.25, -0.2) is 0 Å². The number of rotatable bonds is 3. The highest BCUT2D eigenvalue weighted by molar-refractivity contribution is 7.16. The van der Waals surface area contributed by atoms with Crippen molar-refractivity contribution < 1.29 is 9.90 Å². The van der Waals surface area contributed by atoms with Crippen LogP contribution in [0.2, 0.25) is 0 Å². The van der Waals surface area contributed by atoms with Gasteiger partial charge in [0.05, 0.1) is 0 Å². The van der Waals surface area contributed by atoms with Crippen LogP contribution in [0.4, 0.5) is 0 Å². The van der Waals surface area contributed by atoms with Gasteiger partial charge in [0.15, 0.2) is 0 Å². The Morgan fingerprint density at radius 3 is 2.79 bits per heavy atom. The van der Waals surface area contributed by atoms with Gasteiger partial charge in [0.25, 0.3) is 5.91 Å². The number of thiophene rings is 1. The highest BCUT2D eigenvalue weighted by atomic mass is 32.1. The second-order valence-electron chi connectivity index (χ2n) is 3.79. The highest BCUT2D eigenvalue weighted by Gasteiger charge is 2.06. The first-order chi connectivity index (χ1) is 9.10. The number of carbonyl (C=O) groups is 1. The van der Waals surface area contributed by atoms with Crippen LogP contribution in [0.15, 0.2) is 42.0 Å². The van der Waals surface area contributed by atoms with Crippen LogP contribution in [0.1, 0.15) is 4.88 Å². The van der Waals surface area contributed by atoms with E-state index in [1.807, 2.05) is 12.1 Å². The van der Waals surface area contributed by atoms with Crippen molar-refractivity contribution in [2.24, 2.45) is 5.73 Å². The first-order valence-electron chi connectivity index (χ1n) is 5.41. The molecule has 19 heavy (non-hydrogen) atoms. The molecule has 4 nitrogen and oxygen atoms in total. The van der Waals surface area contributed by atoms with Crippen molar-refractivity contribution in [3.63, 3.8) is 0 Å². The molecular weight excluding hydrogens is 260 g/mol. The third-order valence-electron chi connectivity index (χ3n) is 2.43. The predicted molar refractivity (Wildman–Crippen MR) is 74.2 cm³/mol. The molecule has 1 amide bonds. The van der Waals surface area contributed by atoms with Gasteiger partial charge in [-0.05, 0) is 35.9 Å². The maximum Gasteiger partial charge on any atom is 0.259 e. The smallest absolute Gasteiger partial charge is 0.259 e. The summed E-state index contributed by atoms with van der Waals surface area (Å²) in [6.45, 7) is 0. The molecule has 2 aromatic rings. The number of hydrogen-bond acceptors (Lipinski definition) is 4. The number of aromatic hydroxyl groups is 1. The number of carbonyl (C=O) groups excluding carboxylic acids is 1. The fraction of sp³-hybridized carbons (Fsp3) is 0. The van der Waals surface area contributed by atoms with Crippen molar-refractivity contribution in [3.05, 3.63) is 46.8 Å². The minimum absolute atomic E-state index is 0.0793. The molecule has 0 aliphatic heterocycles. The molecule has 0 fully saturated rings. The van der Waals surface area contributed by atoms with Crippen LogP contribution in [0.5, 0.6) is 5.75 Å². The van der Waals surface area contributed by atoms with Crippen LogP contribution in [0.3, 0.4) is 0 Å². The lowest BCUT2D eigenvalue weighted by atomic mass is 10.2. The van der Waals surface area contributed by atoms with E-state index in [4.69, 9.17) is 11.0 Å². The van der Waals surface area contributed by atoms with Crippen molar-refractivity contribution in [3.8, 4) is 22.3 Å². The Labute approximate surface area is 114 Å². The third-order valence-corrected chi connectivity index (χ3v) is 3.51. The molecule has 0 saturated carbocycles. The predicted octanol–water partition coefficient (Wildman–Crippen LogP) is 2.51. The van der Waals surface area contributed by atoms with Crippen LogP contribution in [-0.2, 0) is 4.79 Å². The second-order valence-corrected chi connectivity index (χ2v) is 4.90. The summed E-state index contributed by atoms with van der Waals surface area (Å²) in [5.74, 6) is -0.548. The lowest BCUT2D eigenvalue weighted by molar-refractivity contribution is -0.114. The molecule has 94 valence electrons. The average molecular weight is 270 g/mol. The van der Waals surface area contributed by atoms with E-state index in [0.29, 0.717) is 0 Å². The Hall–Kier alpha value is -2.58. The van der Waals surface area contributed by atoms with Gasteiger partial charge in [-0.2, -0.15) is 5.26 Å². The number of phenolic OH excluding ortho intramolecular Hbond substituents is 1. The van der Waals surface area contributed by atoms with Crippen molar-refractivity contribution in [1.29, 1.82) is 5.26 Å². The summed E-state index contributed by atoms with van der Waals surface area (Å²) >= 11 is 1.41. The zero-order valence-corrected chi connectivity index (χ0v) is 10.6. The van der Waals surface area contributed by atoms with E-state index < -0.39 is 5.91 Å². The van der Waals surface area contributed by atoms with E-state index in [0.717, 1.165) is 15.3 Å². The SMILES string of the molecule is N#CC(=Cc1ccc(-c2cccc(O)c2)s1)C(N)=O. The maximum atomic E-state index is 11.0. The molecule has 0 saturated heterocycles. The Morgan fingerprint density at radius 1 is 1.37 bits per heavy atom. The fourth-order valence-corrected chi connectivity index (χ4v) is 2.49. The molecule has 0 bridgehead atoms. The lowest BCUT2D eigenvalue weighted by Gasteiger charge is -1.97. The topological polar surface area (TPSA) is 87.1 Å². The zero-order chi connectivity index (χ0) is 13.8. The van der Waals surface area contributed by atoms with Gasteiger partial charge < -0.3 is 10.8 Å². The van der Waals surface area contributed by atoms with Gasteiger partial charge in [-0.3, -0.25) is 4.79 Å². The molecule has 0 radical (unpaired) electrons. The van der Waals surface area contributed by atoms with Crippen molar-refractivity contribution in [1.82, 2.24) is 0 Å². The number of hydrogen-bond donors (Lipinski definition) is 2. The van der Waals surface area contributed by atoms with E-state index >= 15 is 0 Å². The van der Waals surface area contributed by atoms with Crippen LogP contribution < -0.4 is 5.73 Å². The van der Waals surface area contributed by atoms with Gasteiger partial charge in [0, 0.05) is 9.75 Å². The molecule has 0 aliphatic rings. The van der Waals surface area contributed by atoms with Crippen molar-refractivity contribution in [2.45, 2.75) is 0 Å². The maximum absolute atomic E-state index is 11.0. The number of nitrogens with two attached hydrogens (primary N) is 1. The standard InChI is InChI=1S/C14H10N2O2S/c15-8-10(14(16)18)7-12-4-5-13(19-12)9-2-1-3-11(17)6-9/h1-7,17H,(H2,16,18). The lowest BCUT2D eigenvalue weighted by Crippen LogP contribution is -2.12. The van der Waals surface area contributed by atoms with Crippen LogP contribution >= 0.6 is 11.3 Å². The fourth-order valence-electron chi connectivity index (χ4n) is 1.55. The summed E-state index contributed by atoms with van der Waals surface area (Å²) in [7, 11) is 0. The van der Waals surface area contributed by atoms with Gasteiger partial charge in [-0.1, -0.05) is 12.1 Å². The van der Waals surface area contributed by atoms with Gasteiger partial charge in [0.2, 0.25) is 0 Å². The molecule has 0 aliphatic carbocycles. The number of nitriles is 1. The van der Waals surface area contributed by atoms with E-state index in [1.54, 1.807) is 30.3 Å². The minimum Gasteiger partial charge on any atom is -0.508 e. The Morgan fingerprint density at radius 2 is 2.16 bits per heavy atom. The van der Waals surface area contributed by atoms with Crippen LogP contribution in [0.25, 0.3) is 16.5 Å². The number of amides is 1. The zero-order valence-electron chi connectivity index (χ0n) is 9.83. The summed E-state index contributed by atoms with van der Waals surface area (Å²) < 4.78 is 0. The molecule has 0 atom stereocenters. The summed E-state index contributed by atoms with van der Waals surface area (Å²) in [5.41, 5.74) is 5.87. The van der Waals surface area contributed by atoms with Gasteiger partial charge >= 0.3 is 0 Å². The third kappa shape index (κ3) is 3.00. The minimum atomic E-state index is -0.741. The van der Waals surface area contributed by atoms with E-state index in [2.05, 4.69) is 0 Å². The Bertz CT molecular complexity index is 695. The van der Waals surface area contributed by atoms with Crippen LogP contribution in [-0.4, -0.2) is 11.0 Å². The van der Waals surface area contributed by atoms with E-state index in [1.165, 1.54) is 17.4 Å². The molecule has 0 spiro atoms. The summed E-state index contributed by atoms with van der Waals surface area (Å²) in [5, 5.41) is 18.2. The molecule has 0 unspecified atom stereocenters. The van der Waals surface area contributed by atoms with Crippen LogP contribution in [0, 0.1) is 11.3 Å². The van der Waals surface area contributed by atoms with Crippen molar-refractivity contribution in [2.75, 3.05) is 0 Å². The number of nitrogens with zero attached hydrogens (tertiary/aromatic N) is 1. The summed E-state index contributed by atoms with van der Waals surface area (Å²) in [6, 6.07) is 12.3. The molecule has 3 N–H and O–H groups in total. The Kier molecular flexibility index (Phi) is 3.64. The first kappa shape index (κ1) is 12.9. The van der Waals surface area contributed by atoms with Gasteiger partial charge in [0.1, 0.15) is 17.4 Å². The number of primary amides is 1. The molecule has 5 heteroatoms. The normalized spacial score (nSPS) is 11.0. The molecule has 1 aromatic heterocycles. The highest BCUT2D eigenvalue weighted by Crippen LogP contribution is 2.31. The molecular formula is C14H10N2O2S. The van der Waals surface area contributed by atoms with E-state index in [-0.39, 0.29) is 11.3 Å². The van der Waals surface area contributed by atoms with E-state index in [9.17, 15) is 9.90 Å². The molecule has 2 rings (SSSR count). The molecule has 1 aromatic carbocycles. The first-order valence-corrected chi connectivity index (χ1v) is 6.22. The number of benzene rings is 1. The summed E-state index contributed by atoms with van der Waals surface area (Å²) in [6.07, 6.45) is 1.46. The quantitative estimate of drug-likeness (QED) is 0.663. The summed E-state index contributed by atoms with van der Waals surface area (Å²) in [4.78, 5) is 12.7.